The van der Waals surface area contributed by atoms with E-state index >= 15 is 0 Å². The third kappa shape index (κ3) is 3.17. The number of aromatic hydroxyl groups is 1. The Kier molecular flexibility index (Phi) is 5.14. The molecule has 2 aromatic rings. The maximum Gasteiger partial charge on any atom is 0.160 e. The van der Waals surface area contributed by atoms with Crippen LogP contribution in [-0.2, 0) is 18.3 Å². The Morgan fingerprint density at radius 2 is 1.90 bits per heavy atom. The predicted octanol–water partition coefficient (Wildman–Crippen LogP) is 4.71. The van der Waals surface area contributed by atoms with Gasteiger partial charge in [-0.15, -0.1) is 0 Å². The molecule has 0 radical (unpaired) electrons. The van der Waals surface area contributed by atoms with Crippen LogP contribution in [0.5, 0.6) is 17.2 Å². The van der Waals surface area contributed by atoms with Crippen LogP contribution in [0.2, 0.25) is 0 Å². The minimum atomic E-state index is 0.287. The van der Waals surface area contributed by atoms with E-state index in [1.54, 1.807) is 14.2 Å². The molecular formula is C26H33NO3. The largest absolute Gasteiger partial charge is 0.508 e. The SMILES string of the molecule is COc1ccc(CCN2CC[C@@]34CCCC[C@H]3[C@H]2Cc2ccc(O)cc24)cc1OC. The van der Waals surface area contributed by atoms with Gasteiger partial charge < -0.3 is 14.6 Å². The van der Waals surface area contributed by atoms with Crippen molar-refractivity contribution in [3.8, 4) is 17.2 Å². The summed E-state index contributed by atoms with van der Waals surface area (Å²) in [5, 5.41) is 10.2. The first-order valence-electron chi connectivity index (χ1n) is 11.4. The summed E-state index contributed by atoms with van der Waals surface area (Å²) in [4.78, 5) is 2.75. The van der Waals surface area contributed by atoms with Gasteiger partial charge in [0.2, 0.25) is 0 Å². The molecule has 2 aliphatic carbocycles. The van der Waals surface area contributed by atoms with E-state index in [4.69, 9.17) is 9.47 Å². The van der Waals surface area contributed by atoms with Crippen molar-refractivity contribution in [1.82, 2.24) is 4.90 Å². The molecule has 2 bridgehead atoms. The summed E-state index contributed by atoms with van der Waals surface area (Å²) in [6.45, 7) is 2.24. The summed E-state index contributed by atoms with van der Waals surface area (Å²) < 4.78 is 10.9. The van der Waals surface area contributed by atoms with Crippen molar-refractivity contribution in [1.29, 1.82) is 0 Å². The molecular weight excluding hydrogens is 374 g/mol. The number of ether oxygens (including phenoxy) is 2. The molecule has 160 valence electrons. The highest BCUT2D eigenvalue weighted by Crippen LogP contribution is 2.56. The average Bonchev–Trinajstić information content (AvgIpc) is 2.78. The molecule has 0 aromatic heterocycles. The zero-order valence-corrected chi connectivity index (χ0v) is 18.2. The normalized spacial score (nSPS) is 27.8. The van der Waals surface area contributed by atoms with Gasteiger partial charge >= 0.3 is 0 Å². The number of benzene rings is 2. The Morgan fingerprint density at radius 1 is 1.03 bits per heavy atom. The number of likely N-dealkylation sites (tertiary alicyclic amines) is 1. The van der Waals surface area contributed by atoms with Gasteiger partial charge in [-0.3, -0.25) is 4.90 Å². The molecule has 1 N–H and O–H groups in total. The van der Waals surface area contributed by atoms with Crippen molar-refractivity contribution in [3.05, 3.63) is 53.1 Å². The van der Waals surface area contributed by atoms with Crippen molar-refractivity contribution in [2.24, 2.45) is 5.92 Å². The highest BCUT2D eigenvalue weighted by molar-refractivity contribution is 5.45. The first-order valence-corrected chi connectivity index (χ1v) is 11.4. The molecule has 1 aliphatic heterocycles. The second-order valence-corrected chi connectivity index (χ2v) is 9.35. The Balaban J connectivity index is 1.39. The fraction of sp³-hybridized carbons (Fsp3) is 0.538. The predicted molar refractivity (Wildman–Crippen MR) is 119 cm³/mol. The Hall–Kier alpha value is -2.20. The topological polar surface area (TPSA) is 41.9 Å². The molecule has 5 rings (SSSR count). The standard InChI is InChI=1S/C26H33NO3/c1-29-24-9-6-18(15-25(24)30-2)10-13-27-14-12-26-11-4-3-5-21(26)23(27)16-19-7-8-20(28)17-22(19)26/h6-9,15,17,21,23,28H,3-5,10-14,16H2,1-2H3/t21-,23+,26-/m0/s1. The number of hydrogen-bond donors (Lipinski definition) is 1. The molecule has 1 saturated carbocycles. The van der Waals surface area contributed by atoms with Crippen LogP contribution >= 0.6 is 0 Å². The Morgan fingerprint density at radius 3 is 2.73 bits per heavy atom. The lowest BCUT2D eigenvalue weighted by molar-refractivity contribution is -0.0107. The molecule has 3 aliphatic rings. The number of phenols is 1. The van der Waals surface area contributed by atoms with Crippen LogP contribution in [0.3, 0.4) is 0 Å². The highest BCUT2D eigenvalue weighted by atomic mass is 16.5. The van der Waals surface area contributed by atoms with Crippen LogP contribution in [0.4, 0.5) is 0 Å². The van der Waals surface area contributed by atoms with Crippen molar-refractivity contribution < 1.29 is 14.6 Å². The van der Waals surface area contributed by atoms with E-state index in [9.17, 15) is 5.11 Å². The number of phenolic OH excluding ortho intramolecular Hbond substituents is 1. The van der Waals surface area contributed by atoms with Gasteiger partial charge in [0.05, 0.1) is 14.2 Å². The molecule has 30 heavy (non-hydrogen) atoms. The number of rotatable bonds is 5. The lowest BCUT2D eigenvalue weighted by atomic mass is 9.52. The number of methoxy groups -OCH3 is 2. The third-order valence-corrected chi connectivity index (χ3v) is 8.07. The zero-order valence-electron chi connectivity index (χ0n) is 18.2. The van der Waals surface area contributed by atoms with Crippen molar-refractivity contribution in [3.63, 3.8) is 0 Å². The first-order chi connectivity index (χ1) is 14.6. The molecule has 1 heterocycles. The van der Waals surface area contributed by atoms with E-state index < -0.39 is 0 Å². The number of hydrogen-bond acceptors (Lipinski definition) is 4. The van der Waals surface area contributed by atoms with Gasteiger partial charge in [0.1, 0.15) is 5.75 Å². The molecule has 4 heteroatoms. The van der Waals surface area contributed by atoms with Gasteiger partial charge in [0, 0.05) is 18.0 Å². The van der Waals surface area contributed by atoms with E-state index in [1.807, 2.05) is 12.1 Å². The van der Waals surface area contributed by atoms with E-state index in [2.05, 4.69) is 29.2 Å². The molecule has 4 nitrogen and oxygen atoms in total. The smallest absolute Gasteiger partial charge is 0.160 e. The van der Waals surface area contributed by atoms with E-state index in [1.165, 1.54) is 48.8 Å². The zero-order chi connectivity index (χ0) is 20.7. The molecule has 2 fully saturated rings. The fourth-order valence-corrected chi connectivity index (χ4v) is 6.66. The van der Waals surface area contributed by atoms with E-state index in [0.717, 1.165) is 43.3 Å². The lowest BCUT2D eigenvalue weighted by Crippen LogP contribution is -2.61. The van der Waals surface area contributed by atoms with Gasteiger partial charge in [-0.2, -0.15) is 0 Å². The van der Waals surface area contributed by atoms with Crippen LogP contribution < -0.4 is 9.47 Å². The van der Waals surface area contributed by atoms with E-state index in [-0.39, 0.29) is 5.41 Å². The molecule has 2 aromatic carbocycles. The molecule has 0 amide bonds. The van der Waals surface area contributed by atoms with Crippen LogP contribution in [0.15, 0.2) is 36.4 Å². The number of piperidine rings is 1. The lowest BCUT2D eigenvalue weighted by Gasteiger charge is -2.59. The molecule has 0 spiro atoms. The van der Waals surface area contributed by atoms with Gasteiger partial charge in [0.25, 0.3) is 0 Å². The molecule has 3 atom stereocenters. The van der Waals surface area contributed by atoms with Crippen LogP contribution in [-0.4, -0.2) is 43.4 Å². The quantitative estimate of drug-likeness (QED) is 0.779. The molecule has 0 unspecified atom stereocenters. The fourth-order valence-electron chi connectivity index (χ4n) is 6.66. The molecule has 1 saturated heterocycles. The van der Waals surface area contributed by atoms with Gasteiger partial charge in [-0.05, 0) is 85.5 Å². The maximum atomic E-state index is 10.2. The first kappa shape index (κ1) is 19.7. The van der Waals surface area contributed by atoms with Gasteiger partial charge in [-0.25, -0.2) is 0 Å². The van der Waals surface area contributed by atoms with Crippen LogP contribution in [0.1, 0.15) is 48.8 Å². The highest BCUT2D eigenvalue weighted by Gasteiger charge is 2.53. The summed E-state index contributed by atoms with van der Waals surface area (Å²) in [7, 11) is 3.38. The minimum absolute atomic E-state index is 0.287. The van der Waals surface area contributed by atoms with E-state index in [0.29, 0.717) is 11.8 Å². The second kappa shape index (κ2) is 7.81. The average molecular weight is 408 g/mol. The second-order valence-electron chi connectivity index (χ2n) is 9.35. The third-order valence-electron chi connectivity index (χ3n) is 8.07. The number of fused-ring (bicyclic) bond motifs is 1. The van der Waals surface area contributed by atoms with Crippen molar-refractivity contribution >= 4 is 0 Å². The Bertz CT molecular complexity index is 926. The summed E-state index contributed by atoms with van der Waals surface area (Å²) >= 11 is 0. The summed E-state index contributed by atoms with van der Waals surface area (Å²) in [5.41, 5.74) is 4.51. The summed E-state index contributed by atoms with van der Waals surface area (Å²) in [6.07, 6.45) is 8.65. The monoisotopic (exact) mass is 407 g/mol. The summed E-state index contributed by atoms with van der Waals surface area (Å²) in [5.74, 6) is 2.76. The van der Waals surface area contributed by atoms with Gasteiger partial charge in [0.15, 0.2) is 11.5 Å². The minimum Gasteiger partial charge on any atom is -0.508 e. The van der Waals surface area contributed by atoms with Crippen LogP contribution in [0.25, 0.3) is 0 Å². The van der Waals surface area contributed by atoms with Crippen molar-refractivity contribution in [2.75, 3.05) is 27.3 Å². The van der Waals surface area contributed by atoms with Crippen LogP contribution in [0, 0.1) is 5.92 Å². The number of nitrogens with zero attached hydrogens (tertiary/aromatic N) is 1. The Labute approximate surface area is 179 Å². The maximum absolute atomic E-state index is 10.2. The summed E-state index contributed by atoms with van der Waals surface area (Å²) in [6, 6.07) is 13.1. The van der Waals surface area contributed by atoms with Crippen molar-refractivity contribution in [2.45, 2.75) is 56.4 Å². The van der Waals surface area contributed by atoms with Gasteiger partial charge in [-0.1, -0.05) is 25.0 Å².